The van der Waals surface area contributed by atoms with Crippen LogP contribution >= 0.6 is 0 Å². The molecule has 6 nitrogen and oxygen atoms in total. The quantitative estimate of drug-likeness (QED) is 0.494. The Labute approximate surface area is 141 Å². The van der Waals surface area contributed by atoms with Crippen LogP contribution < -0.4 is 15.0 Å². The summed E-state index contributed by atoms with van der Waals surface area (Å²) in [5.74, 6) is 4.87. The molecule has 10 heteroatoms. The lowest BCUT2D eigenvalue weighted by molar-refractivity contribution is -0.274. The molecule has 0 spiro atoms. The zero-order valence-electron chi connectivity index (χ0n) is 12.8. The molecule has 134 valence electrons. The number of sulfonamides is 1. The molecule has 0 radical (unpaired) electrons. The highest BCUT2D eigenvalue weighted by molar-refractivity contribution is 7.92. The van der Waals surface area contributed by atoms with Crippen molar-refractivity contribution in [2.45, 2.75) is 18.2 Å². The molecule has 0 saturated heterocycles. The van der Waals surface area contributed by atoms with Gasteiger partial charge in [-0.3, -0.25) is 4.79 Å². The number of carbonyl (C=O) groups excluding carboxylic acids is 1. The first-order chi connectivity index (χ1) is 11.5. The normalized spacial score (nSPS) is 11.9. The van der Waals surface area contributed by atoms with E-state index in [0.717, 1.165) is 24.3 Å². The van der Waals surface area contributed by atoms with Gasteiger partial charge in [0.15, 0.2) is 5.78 Å². The molecule has 0 atom stereocenters. The zero-order valence-corrected chi connectivity index (χ0v) is 13.6. The SMILES string of the molecule is CC(=O)c1ccc(N(N)S(=O)(=O)c2ccc(OC(F)(F)F)cc2)cc1. The molecule has 0 aliphatic heterocycles. The summed E-state index contributed by atoms with van der Waals surface area (Å²) < 4.78 is 65.4. The van der Waals surface area contributed by atoms with Gasteiger partial charge in [0.2, 0.25) is 0 Å². The van der Waals surface area contributed by atoms with E-state index in [9.17, 15) is 26.4 Å². The first-order valence-corrected chi connectivity index (χ1v) is 8.21. The van der Waals surface area contributed by atoms with Crippen molar-refractivity contribution < 1.29 is 31.1 Å². The molecule has 0 bridgehead atoms. The number of rotatable bonds is 5. The lowest BCUT2D eigenvalue weighted by Crippen LogP contribution is -2.37. The number of hydrazine groups is 1. The summed E-state index contributed by atoms with van der Waals surface area (Å²) in [6, 6.07) is 9.13. The van der Waals surface area contributed by atoms with Crippen LogP contribution in [0.2, 0.25) is 0 Å². The standard InChI is InChI=1S/C15H13F3N2O4S/c1-10(21)11-2-4-12(5-3-11)20(19)25(22,23)14-8-6-13(7-9-14)24-15(16,17)18/h2-9H,19H2,1H3. The predicted molar refractivity (Wildman–Crippen MR) is 83.4 cm³/mol. The second-order valence-electron chi connectivity index (χ2n) is 4.92. The third-order valence-corrected chi connectivity index (χ3v) is 4.74. The van der Waals surface area contributed by atoms with Gasteiger partial charge in [-0.15, -0.1) is 13.2 Å². The van der Waals surface area contributed by atoms with Crippen LogP contribution in [0.25, 0.3) is 0 Å². The van der Waals surface area contributed by atoms with E-state index in [0.29, 0.717) is 9.98 Å². The summed E-state index contributed by atoms with van der Waals surface area (Å²) in [4.78, 5) is 10.9. The minimum atomic E-state index is -4.88. The Bertz CT molecular complexity index is 863. The fraction of sp³-hybridized carbons (Fsp3) is 0.133. The highest BCUT2D eigenvalue weighted by atomic mass is 32.2. The molecular formula is C15H13F3N2O4S. The fourth-order valence-electron chi connectivity index (χ4n) is 1.91. The van der Waals surface area contributed by atoms with E-state index in [1.807, 2.05) is 0 Å². The van der Waals surface area contributed by atoms with Crippen LogP contribution in [0.15, 0.2) is 53.4 Å². The van der Waals surface area contributed by atoms with Gasteiger partial charge < -0.3 is 4.74 Å². The van der Waals surface area contributed by atoms with E-state index in [4.69, 9.17) is 5.84 Å². The zero-order chi connectivity index (χ0) is 18.8. The molecule has 0 aromatic heterocycles. The highest BCUT2D eigenvalue weighted by Crippen LogP contribution is 2.26. The lowest BCUT2D eigenvalue weighted by atomic mass is 10.1. The molecule has 2 aromatic rings. The Kier molecular flexibility index (Phi) is 5.04. The van der Waals surface area contributed by atoms with E-state index < -0.39 is 22.1 Å². The average molecular weight is 374 g/mol. The Morgan fingerprint density at radius 1 is 1.04 bits per heavy atom. The van der Waals surface area contributed by atoms with Gasteiger partial charge in [0, 0.05) is 5.56 Å². The molecule has 0 unspecified atom stereocenters. The molecule has 0 heterocycles. The molecule has 2 aromatic carbocycles. The van der Waals surface area contributed by atoms with E-state index in [2.05, 4.69) is 4.74 Å². The monoisotopic (exact) mass is 374 g/mol. The number of nitrogens with zero attached hydrogens (tertiary/aromatic N) is 1. The molecule has 2 N–H and O–H groups in total. The molecule has 0 aliphatic carbocycles. The Morgan fingerprint density at radius 2 is 1.56 bits per heavy atom. The van der Waals surface area contributed by atoms with Crippen molar-refractivity contribution >= 4 is 21.5 Å². The van der Waals surface area contributed by atoms with Crippen molar-refractivity contribution in [2.24, 2.45) is 5.84 Å². The summed E-state index contributed by atoms with van der Waals surface area (Å²) >= 11 is 0. The first kappa shape index (κ1) is 18.7. The minimum Gasteiger partial charge on any atom is -0.406 e. The van der Waals surface area contributed by atoms with Crippen LogP contribution in [-0.2, 0) is 10.0 Å². The van der Waals surface area contributed by atoms with Crippen molar-refractivity contribution in [3.8, 4) is 5.75 Å². The summed E-state index contributed by atoms with van der Waals surface area (Å²) in [5, 5.41) is 0. The Hall–Kier alpha value is -2.59. The third kappa shape index (κ3) is 4.48. The maximum absolute atomic E-state index is 12.4. The van der Waals surface area contributed by atoms with E-state index in [-0.39, 0.29) is 16.4 Å². The van der Waals surface area contributed by atoms with Crippen LogP contribution in [-0.4, -0.2) is 20.6 Å². The maximum atomic E-state index is 12.4. The average Bonchev–Trinajstić information content (AvgIpc) is 2.53. The number of ether oxygens (including phenoxy) is 1. The topological polar surface area (TPSA) is 89.7 Å². The largest absolute Gasteiger partial charge is 0.573 e. The number of alkyl halides is 3. The van der Waals surface area contributed by atoms with Crippen molar-refractivity contribution in [2.75, 3.05) is 4.41 Å². The molecule has 0 fully saturated rings. The van der Waals surface area contributed by atoms with Gasteiger partial charge in [0.05, 0.1) is 10.6 Å². The summed E-state index contributed by atoms with van der Waals surface area (Å²) in [6.07, 6.45) is -4.88. The van der Waals surface area contributed by atoms with Gasteiger partial charge in [-0.2, -0.15) is 8.42 Å². The minimum absolute atomic E-state index is 0.0839. The van der Waals surface area contributed by atoms with Crippen LogP contribution in [0.3, 0.4) is 0 Å². The fourth-order valence-corrected chi connectivity index (χ4v) is 3.02. The molecular weight excluding hydrogens is 361 g/mol. The Balaban J connectivity index is 2.26. The van der Waals surface area contributed by atoms with Crippen LogP contribution in [0.5, 0.6) is 5.75 Å². The van der Waals surface area contributed by atoms with Crippen molar-refractivity contribution in [1.29, 1.82) is 0 Å². The Morgan fingerprint density at radius 3 is 2.00 bits per heavy atom. The lowest BCUT2D eigenvalue weighted by Gasteiger charge is -2.19. The van der Waals surface area contributed by atoms with Gasteiger partial charge in [-0.25, -0.2) is 10.3 Å². The van der Waals surface area contributed by atoms with Crippen LogP contribution in [0.1, 0.15) is 17.3 Å². The number of hydrogen-bond donors (Lipinski definition) is 1. The van der Waals surface area contributed by atoms with Crippen molar-refractivity contribution in [1.82, 2.24) is 0 Å². The number of hydrogen-bond acceptors (Lipinski definition) is 5. The number of anilines is 1. The van der Waals surface area contributed by atoms with Crippen molar-refractivity contribution in [3.05, 3.63) is 54.1 Å². The van der Waals surface area contributed by atoms with E-state index in [1.54, 1.807) is 0 Å². The van der Waals surface area contributed by atoms with Gasteiger partial charge in [0.25, 0.3) is 10.0 Å². The summed E-state index contributed by atoms with van der Waals surface area (Å²) in [7, 11) is -4.20. The number of benzene rings is 2. The number of Topliss-reactive ketones (excluding diaryl/α,β-unsaturated/α-hetero) is 1. The molecule has 0 saturated carbocycles. The van der Waals surface area contributed by atoms with Gasteiger partial charge in [-0.1, -0.05) is 0 Å². The van der Waals surface area contributed by atoms with Gasteiger partial charge in [0.1, 0.15) is 5.75 Å². The molecule has 0 amide bonds. The molecule has 2 rings (SSSR count). The number of nitrogens with two attached hydrogens (primary N) is 1. The number of ketones is 1. The number of carbonyl (C=O) groups is 1. The summed E-state index contributed by atoms with van der Waals surface area (Å²) in [5.41, 5.74) is 0.462. The van der Waals surface area contributed by atoms with Crippen LogP contribution in [0, 0.1) is 0 Å². The van der Waals surface area contributed by atoms with Crippen molar-refractivity contribution in [3.63, 3.8) is 0 Å². The van der Waals surface area contributed by atoms with E-state index in [1.165, 1.54) is 31.2 Å². The third-order valence-electron chi connectivity index (χ3n) is 3.14. The highest BCUT2D eigenvalue weighted by Gasteiger charge is 2.31. The first-order valence-electron chi connectivity index (χ1n) is 6.77. The summed E-state index contributed by atoms with van der Waals surface area (Å²) in [6.45, 7) is 1.36. The second kappa shape index (κ2) is 6.73. The smallest absolute Gasteiger partial charge is 0.406 e. The van der Waals surface area contributed by atoms with Crippen LogP contribution in [0.4, 0.5) is 18.9 Å². The second-order valence-corrected chi connectivity index (χ2v) is 6.74. The van der Waals surface area contributed by atoms with E-state index >= 15 is 0 Å². The van der Waals surface area contributed by atoms with Gasteiger partial charge >= 0.3 is 6.36 Å². The molecule has 0 aliphatic rings. The van der Waals surface area contributed by atoms with Gasteiger partial charge in [-0.05, 0) is 55.5 Å². The maximum Gasteiger partial charge on any atom is 0.573 e. The molecule has 25 heavy (non-hydrogen) atoms. The number of halogens is 3. The predicted octanol–water partition coefficient (Wildman–Crippen LogP) is 2.86.